The van der Waals surface area contributed by atoms with Gasteiger partial charge in [0.25, 0.3) is 15.9 Å². The molecule has 4 rings (SSSR count). The van der Waals surface area contributed by atoms with Crippen molar-refractivity contribution >= 4 is 21.6 Å². The van der Waals surface area contributed by atoms with Gasteiger partial charge in [0.05, 0.1) is 35.8 Å². The zero-order valence-corrected chi connectivity index (χ0v) is 21.7. The van der Waals surface area contributed by atoms with E-state index in [0.717, 1.165) is 11.1 Å². The molecule has 0 radical (unpaired) electrons. The van der Waals surface area contributed by atoms with Gasteiger partial charge in [0.1, 0.15) is 5.75 Å². The summed E-state index contributed by atoms with van der Waals surface area (Å²) in [4.78, 5) is 13.7. The van der Waals surface area contributed by atoms with Gasteiger partial charge in [0.15, 0.2) is 0 Å². The Hall–Kier alpha value is -4.10. The lowest BCUT2D eigenvalue weighted by atomic mass is 10.0. The van der Waals surface area contributed by atoms with Crippen LogP contribution in [-0.2, 0) is 16.6 Å². The van der Waals surface area contributed by atoms with Gasteiger partial charge < -0.3 is 10.1 Å². The summed E-state index contributed by atoms with van der Waals surface area (Å²) >= 11 is 0. The third kappa shape index (κ3) is 6.01. The van der Waals surface area contributed by atoms with E-state index in [-0.39, 0.29) is 29.0 Å². The third-order valence-electron chi connectivity index (χ3n) is 6.15. The number of methoxy groups -OCH3 is 1. The van der Waals surface area contributed by atoms with Crippen molar-refractivity contribution in [3.05, 3.63) is 126 Å². The van der Waals surface area contributed by atoms with Crippen molar-refractivity contribution in [1.82, 2.24) is 5.32 Å². The van der Waals surface area contributed by atoms with Crippen molar-refractivity contribution in [3.63, 3.8) is 0 Å². The fourth-order valence-corrected chi connectivity index (χ4v) is 5.62. The van der Waals surface area contributed by atoms with Crippen LogP contribution >= 0.6 is 0 Å². The van der Waals surface area contributed by atoms with Gasteiger partial charge in [-0.05, 0) is 53.9 Å². The highest BCUT2D eigenvalue weighted by Gasteiger charge is 2.29. The van der Waals surface area contributed by atoms with Crippen molar-refractivity contribution in [1.29, 1.82) is 0 Å². The lowest BCUT2D eigenvalue weighted by Gasteiger charge is -2.27. The molecule has 190 valence electrons. The van der Waals surface area contributed by atoms with Gasteiger partial charge >= 0.3 is 0 Å². The Morgan fingerprint density at radius 2 is 1.43 bits per heavy atom. The van der Waals surface area contributed by atoms with E-state index in [2.05, 4.69) is 5.32 Å². The molecule has 6 nitrogen and oxygen atoms in total. The minimum atomic E-state index is -4.02. The normalized spacial score (nSPS) is 11.9. The minimum Gasteiger partial charge on any atom is -0.497 e. The van der Waals surface area contributed by atoms with E-state index in [1.165, 1.54) is 23.5 Å². The van der Waals surface area contributed by atoms with Gasteiger partial charge in [-0.15, -0.1) is 0 Å². The molecular weight excluding hydrogens is 484 g/mol. The molecule has 0 aliphatic heterocycles. The van der Waals surface area contributed by atoms with Crippen LogP contribution in [-0.4, -0.2) is 21.4 Å². The molecule has 0 heterocycles. The second-order valence-electron chi connectivity index (χ2n) is 8.53. The highest BCUT2D eigenvalue weighted by atomic mass is 32.2. The summed E-state index contributed by atoms with van der Waals surface area (Å²) in [7, 11) is -2.49. The van der Waals surface area contributed by atoms with Crippen molar-refractivity contribution < 1.29 is 17.9 Å². The number of nitrogens with zero attached hydrogens (tertiary/aromatic N) is 1. The fourth-order valence-electron chi connectivity index (χ4n) is 4.15. The maximum atomic E-state index is 14.0. The molecule has 1 amide bonds. The first kappa shape index (κ1) is 26.0. The molecule has 0 fully saturated rings. The average molecular weight is 515 g/mol. The number of amides is 1. The fraction of sp³-hybridized carbons (Fsp3) is 0.167. The van der Waals surface area contributed by atoms with Crippen molar-refractivity contribution in [2.24, 2.45) is 0 Å². The SMILES string of the molecule is CC[C@@H](NC(=O)c1ccccc1N(Cc1ccccc1)S(=O)(=O)c1ccc(OC)cc1)c1ccccc1. The maximum Gasteiger partial charge on any atom is 0.264 e. The Labute approximate surface area is 218 Å². The van der Waals surface area contributed by atoms with E-state index < -0.39 is 10.0 Å². The predicted octanol–water partition coefficient (Wildman–Crippen LogP) is 5.97. The Bertz CT molecular complexity index is 1420. The number of hydrogen-bond donors (Lipinski definition) is 1. The number of ether oxygens (including phenoxy) is 1. The summed E-state index contributed by atoms with van der Waals surface area (Å²) in [6.07, 6.45) is 0.690. The molecule has 4 aromatic rings. The van der Waals surface area contributed by atoms with Gasteiger partial charge in [-0.2, -0.15) is 0 Å². The first-order valence-electron chi connectivity index (χ1n) is 12.1. The number of nitrogens with one attached hydrogen (secondary N) is 1. The number of carbonyl (C=O) groups is 1. The molecule has 0 bridgehead atoms. The highest BCUT2D eigenvalue weighted by molar-refractivity contribution is 7.92. The summed E-state index contributed by atoms with van der Waals surface area (Å²) in [5.41, 5.74) is 2.38. The maximum absolute atomic E-state index is 14.0. The van der Waals surface area contributed by atoms with E-state index in [0.29, 0.717) is 17.9 Å². The number of rotatable bonds is 10. The highest BCUT2D eigenvalue weighted by Crippen LogP contribution is 2.30. The van der Waals surface area contributed by atoms with Gasteiger partial charge in [-0.3, -0.25) is 9.10 Å². The zero-order valence-electron chi connectivity index (χ0n) is 20.9. The molecule has 0 aliphatic carbocycles. The van der Waals surface area contributed by atoms with Crippen LogP contribution in [0.2, 0.25) is 0 Å². The third-order valence-corrected chi connectivity index (χ3v) is 7.92. The summed E-state index contributed by atoms with van der Waals surface area (Å²) in [6, 6.07) is 31.9. The van der Waals surface area contributed by atoms with Crippen LogP contribution in [0.15, 0.2) is 114 Å². The number of hydrogen-bond acceptors (Lipinski definition) is 4. The van der Waals surface area contributed by atoms with Crippen LogP contribution in [0.1, 0.15) is 40.9 Å². The van der Waals surface area contributed by atoms with E-state index in [4.69, 9.17) is 4.74 Å². The molecule has 0 unspecified atom stereocenters. The van der Waals surface area contributed by atoms with Gasteiger partial charge in [0, 0.05) is 0 Å². The number of anilines is 1. The summed E-state index contributed by atoms with van der Waals surface area (Å²) < 4.78 is 34.4. The van der Waals surface area contributed by atoms with Crippen LogP contribution in [0, 0.1) is 0 Å². The van der Waals surface area contributed by atoms with Gasteiger partial charge in [-0.25, -0.2) is 8.42 Å². The van der Waals surface area contributed by atoms with Crippen molar-refractivity contribution in [3.8, 4) is 5.75 Å². The lowest BCUT2D eigenvalue weighted by molar-refractivity contribution is 0.0936. The topological polar surface area (TPSA) is 75.7 Å². The number of benzene rings is 4. The minimum absolute atomic E-state index is 0.0649. The summed E-state index contributed by atoms with van der Waals surface area (Å²) in [6.45, 7) is 2.06. The first-order valence-corrected chi connectivity index (χ1v) is 13.5. The number of carbonyl (C=O) groups excluding carboxylic acids is 1. The Morgan fingerprint density at radius 3 is 2.05 bits per heavy atom. The predicted molar refractivity (Wildman–Crippen MR) is 146 cm³/mol. The van der Waals surface area contributed by atoms with Crippen LogP contribution in [0.4, 0.5) is 5.69 Å². The molecule has 4 aromatic carbocycles. The van der Waals surface area contributed by atoms with Crippen LogP contribution in [0.25, 0.3) is 0 Å². The molecular formula is C30H30N2O4S. The second kappa shape index (κ2) is 11.8. The summed E-state index contributed by atoms with van der Waals surface area (Å²) in [5.74, 6) is 0.217. The van der Waals surface area contributed by atoms with E-state index in [1.807, 2.05) is 67.6 Å². The second-order valence-corrected chi connectivity index (χ2v) is 10.4. The first-order chi connectivity index (χ1) is 17.9. The lowest BCUT2D eigenvalue weighted by Crippen LogP contribution is -2.34. The molecule has 7 heteroatoms. The molecule has 37 heavy (non-hydrogen) atoms. The smallest absolute Gasteiger partial charge is 0.264 e. The Balaban J connectivity index is 1.76. The molecule has 1 atom stereocenters. The molecule has 1 N–H and O–H groups in total. The van der Waals surface area contributed by atoms with Crippen LogP contribution in [0.5, 0.6) is 5.75 Å². The van der Waals surface area contributed by atoms with E-state index in [1.54, 1.807) is 36.4 Å². The van der Waals surface area contributed by atoms with Crippen LogP contribution < -0.4 is 14.4 Å². The summed E-state index contributed by atoms with van der Waals surface area (Å²) in [5, 5.41) is 3.09. The number of para-hydroxylation sites is 1. The van der Waals surface area contributed by atoms with Gasteiger partial charge in [0.2, 0.25) is 0 Å². The largest absolute Gasteiger partial charge is 0.497 e. The van der Waals surface area contributed by atoms with Crippen LogP contribution in [0.3, 0.4) is 0 Å². The zero-order chi connectivity index (χ0) is 26.3. The Kier molecular flexibility index (Phi) is 8.25. The van der Waals surface area contributed by atoms with Crippen molar-refractivity contribution in [2.75, 3.05) is 11.4 Å². The molecule has 0 aromatic heterocycles. The standard InChI is InChI=1S/C30H30N2O4S/c1-3-28(24-14-8-5-9-15-24)31-30(33)27-16-10-11-17-29(27)32(22-23-12-6-4-7-13-23)37(34,35)26-20-18-25(36-2)19-21-26/h4-21,28H,3,22H2,1-2H3,(H,31,33)/t28-/m1/s1. The van der Waals surface area contributed by atoms with E-state index in [9.17, 15) is 13.2 Å². The Morgan fingerprint density at radius 1 is 0.838 bits per heavy atom. The molecule has 0 aliphatic rings. The van der Waals surface area contributed by atoms with Crippen molar-refractivity contribution in [2.45, 2.75) is 30.8 Å². The monoisotopic (exact) mass is 514 g/mol. The van der Waals surface area contributed by atoms with Gasteiger partial charge in [-0.1, -0.05) is 79.7 Å². The quantitative estimate of drug-likeness (QED) is 0.283. The number of sulfonamides is 1. The average Bonchev–Trinajstić information content (AvgIpc) is 2.95. The molecule has 0 spiro atoms. The molecule has 0 saturated heterocycles. The molecule has 0 saturated carbocycles. The van der Waals surface area contributed by atoms with E-state index >= 15 is 0 Å².